The summed E-state index contributed by atoms with van der Waals surface area (Å²) in [5, 5.41) is 8.90. The molecule has 0 saturated carbocycles. The second-order valence-electron chi connectivity index (χ2n) is 4.63. The van der Waals surface area contributed by atoms with E-state index in [9.17, 15) is 4.39 Å². The molecule has 0 unspecified atom stereocenters. The van der Waals surface area contributed by atoms with Crippen molar-refractivity contribution in [1.82, 2.24) is 0 Å². The maximum Gasteiger partial charge on any atom is 0.123 e. The molecule has 0 aliphatic rings. The van der Waals surface area contributed by atoms with Crippen molar-refractivity contribution in [2.24, 2.45) is 0 Å². The van der Waals surface area contributed by atoms with Crippen molar-refractivity contribution in [2.75, 3.05) is 19.8 Å². The number of aliphatic hydroxyl groups is 1. The van der Waals surface area contributed by atoms with Crippen LogP contribution in [0, 0.1) is 5.82 Å². The van der Waals surface area contributed by atoms with Crippen LogP contribution in [0.2, 0.25) is 0 Å². The van der Waals surface area contributed by atoms with Crippen LogP contribution in [0.4, 0.5) is 4.39 Å². The summed E-state index contributed by atoms with van der Waals surface area (Å²) < 4.78 is 23.8. The standard InChI is InChI=1S/C17H19FO3/c18-15-5-7-16(8-6-15)20-11-2-12-21-17-4-1-3-14(13-17)9-10-19/h1,3-8,13,19H,2,9-12H2. The zero-order chi connectivity index (χ0) is 14.9. The molecule has 0 fully saturated rings. The number of benzene rings is 2. The smallest absolute Gasteiger partial charge is 0.123 e. The molecular weight excluding hydrogens is 271 g/mol. The predicted octanol–water partition coefficient (Wildman–Crippen LogP) is 3.21. The van der Waals surface area contributed by atoms with E-state index in [2.05, 4.69) is 0 Å². The Labute approximate surface area is 124 Å². The van der Waals surface area contributed by atoms with Gasteiger partial charge in [0.05, 0.1) is 13.2 Å². The van der Waals surface area contributed by atoms with Gasteiger partial charge in [0.1, 0.15) is 17.3 Å². The van der Waals surface area contributed by atoms with Crippen LogP contribution in [-0.2, 0) is 6.42 Å². The zero-order valence-electron chi connectivity index (χ0n) is 11.8. The van der Waals surface area contributed by atoms with Crippen molar-refractivity contribution in [1.29, 1.82) is 0 Å². The van der Waals surface area contributed by atoms with E-state index in [1.807, 2.05) is 24.3 Å². The number of halogens is 1. The molecule has 0 radical (unpaired) electrons. The van der Waals surface area contributed by atoms with E-state index in [1.54, 1.807) is 12.1 Å². The third-order valence-corrected chi connectivity index (χ3v) is 2.94. The van der Waals surface area contributed by atoms with Crippen molar-refractivity contribution in [3.63, 3.8) is 0 Å². The van der Waals surface area contributed by atoms with E-state index in [0.717, 1.165) is 17.7 Å². The summed E-state index contributed by atoms with van der Waals surface area (Å²) in [6.45, 7) is 1.20. The topological polar surface area (TPSA) is 38.7 Å². The molecule has 0 saturated heterocycles. The van der Waals surface area contributed by atoms with Crippen molar-refractivity contribution >= 4 is 0 Å². The molecule has 2 aromatic rings. The molecule has 3 nitrogen and oxygen atoms in total. The highest BCUT2D eigenvalue weighted by molar-refractivity contribution is 5.28. The highest BCUT2D eigenvalue weighted by Gasteiger charge is 1.98. The largest absolute Gasteiger partial charge is 0.493 e. The third-order valence-electron chi connectivity index (χ3n) is 2.94. The maximum absolute atomic E-state index is 12.7. The first-order chi connectivity index (χ1) is 10.3. The molecule has 0 aliphatic heterocycles. The molecule has 0 heterocycles. The van der Waals surface area contributed by atoms with Crippen molar-refractivity contribution < 1.29 is 19.0 Å². The number of hydrogen-bond donors (Lipinski definition) is 1. The summed E-state index contributed by atoms with van der Waals surface area (Å²) in [7, 11) is 0. The van der Waals surface area contributed by atoms with Crippen LogP contribution in [0.5, 0.6) is 11.5 Å². The van der Waals surface area contributed by atoms with Gasteiger partial charge in [-0.2, -0.15) is 0 Å². The van der Waals surface area contributed by atoms with Crippen LogP contribution < -0.4 is 9.47 Å². The summed E-state index contributed by atoms with van der Waals surface area (Å²) in [5.74, 6) is 1.18. The lowest BCUT2D eigenvalue weighted by atomic mass is 10.1. The molecule has 1 N–H and O–H groups in total. The zero-order valence-corrected chi connectivity index (χ0v) is 11.8. The van der Waals surface area contributed by atoms with Gasteiger partial charge < -0.3 is 14.6 Å². The Balaban J connectivity index is 1.67. The minimum Gasteiger partial charge on any atom is -0.493 e. The first kappa shape index (κ1) is 15.3. The molecule has 0 spiro atoms. The normalized spacial score (nSPS) is 10.4. The van der Waals surface area contributed by atoms with Crippen LogP contribution in [-0.4, -0.2) is 24.9 Å². The van der Waals surface area contributed by atoms with Gasteiger partial charge in [-0.25, -0.2) is 4.39 Å². The third kappa shape index (κ3) is 5.44. The van der Waals surface area contributed by atoms with Crippen molar-refractivity contribution in [3.05, 3.63) is 59.9 Å². The lowest BCUT2D eigenvalue weighted by Crippen LogP contribution is -2.05. The molecule has 0 aliphatic carbocycles. The lowest BCUT2D eigenvalue weighted by molar-refractivity contribution is 0.247. The highest BCUT2D eigenvalue weighted by Crippen LogP contribution is 2.14. The van der Waals surface area contributed by atoms with Gasteiger partial charge in [0.2, 0.25) is 0 Å². The molecule has 2 aromatic carbocycles. The fourth-order valence-corrected chi connectivity index (χ4v) is 1.89. The van der Waals surface area contributed by atoms with Crippen molar-refractivity contribution in [3.8, 4) is 11.5 Å². The van der Waals surface area contributed by atoms with Crippen LogP contribution >= 0.6 is 0 Å². The van der Waals surface area contributed by atoms with Gasteiger partial charge in [-0.1, -0.05) is 12.1 Å². The van der Waals surface area contributed by atoms with Crippen molar-refractivity contribution in [2.45, 2.75) is 12.8 Å². The van der Waals surface area contributed by atoms with E-state index in [0.29, 0.717) is 25.4 Å². The van der Waals surface area contributed by atoms with Gasteiger partial charge in [-0.05, 0) is 48.4 Å². The number of rotatable bonds is 8. The van der Waals surface area contributed by atoms with Crippen LogP contribution in [0.3, 0.4) is 0 Å². The number of ether oxygens (including phenoxy) is 2. The molecule has 4 heteroatoms. The SMILES string of the molecule is OCCc1cccc(OCCCOc2ccc(F)cc2)c1. The molecule has 2 rings (SSSR count). The highest BCUT2D eigenvalue weighted by atomic mass is 19.1. The molecule has 0 atom stereocenters. The Hall–Kier alpha value is -2.07. The summed E-state index contributed by atoms with van der Waals surface area (Å²) in [4.78, 5) is 0. The van der Waals surface area contributed by atoms with Crippen LogP contribution in [0.25, 0.3) is 0 Å². The quantitative estimate of drug-likeness (QED) is 0.759. The maximum atomic E-state index is 12.7. The van der Waals surface area contributed by atoms with Gasteiger partial charge in [-0.15, -0.1) is 0 Å². The van der Waals surface area contributed by atoms with E-state index in [1.165, 1.54) is 12.1 Å². The first-order valence-electron chi connectivity index (χ1n) is 6.99. The number of aliphatic hydroxyl groups excluding tert-OH is 1. The Bertz CT molecular complexity index is 540. The molecule has 0 amide bonds. The second-order valence-corrected chi connectivity index (χ2v) is 4.63. The van der Waals surface area contributed by atoms with Gasteiger partial charge >= 0.3 is 0 Å². The van der Waals surface area contributed by atoms with E-state index in [-0.39, 0.29) is 12.4 Å². The fraction of sp³-hybridized carbons (Fsp3) is 0.294. The van der Waals surface area contributed by atoms with E-state index in [4.69, 9.17) is 14.6 Å². The number of hydrogen-bond acceptors (Lipinski definition) is 3. The predicted molar refractivity (Wildman–Crippen MR) is 79.2 cm³/mol. The molecule has 0 bridgehead atoms. The van der Waals surface area contributed by atoms with Gasteiger partial charge in [0, 0.05) is 13.0 Å². The fourth-order valence-electron chi connectivity index (χ4n) is 1.89. The second kappa shape index (κ2) is 8.27. The Morgan fingerprint density at radius 3 is 2.33 bits per heavy atom. The summed E-state index contributed by atoms with van der Waals surface area (Å²) >= 11 is 0. The monoisotopic (exact) mass is 290 g/mol. The average molecular weight is 290 g/mol. The van der Waals surface area contributed by atoms with Crippen LogP contribution in [0.1, 0.15) is 12.0 Å². The summed E-state index contributed by atoms with van der Waals surface area (Å²) in [6, 6.07) is 13.6. The Kier molecular flexibility index (Phi) is 6.03. The molecular formula is C17H19FO3. The molecule has 21 heavy (non-hydrogen) atoms. The van der Waals surface area contributed by atoms with E-state index < -0.39 is 0 Å². The van der Waals surface area contributed by atoms with Crippen LogP contribution in [0.15, 0.2) is 48.5 Å². The Morgan fingerprint density at radius 1 is 0.905 bits per heavy atom. The summed E-state index contributed by atoms with van der Waals surface area (Å²) in [5.41, 5.74) is 1.05. The molecule has 112 valence electrons. The summed E-state index contributed by atoms with van der Waals surface area (Å²) in [6.07, 6.45) is 1.37. The molecule has 0 aromatic heterocycles. The first-order valence-corrected chi connectivity index (χ1v) is 6.99. The minimum absolute atomic E-state index is 0.134. The lowest BCUT2D eigenvalue weighted by Gasteiger charge is -2.09. The van der Waals surface area contributed by atoms with Gasteiger partial charge in [-0.3, -0.25) is 0 Å². The van der Waals surface area contributed by atoms with E-state index >= 15 is 0 Å². The van der Waals surface area contributed by atoms with Gasteiger partial charge in [0.15, 0.2) is 0 Å². The Morgan fingerprint density at radius 2 is 1.62 bits per heavy atom. The average Bonchev–Trinajstić information content (AvgIpc) is 2.50. The minimum atomic E-state index is -0.270. The van der Waals surface area contributed by atoms with Gasteiger partial charge in [0.25, 0.3) is 0 Å².